The van der Waals surface area contributed by atoms with Crippen LogP contribution in [-0.2, 0) is 4.79 Å². The van der Waals surface area contributed by atoms with Crippen molar-refractivity contribution in [3.8, 4) is 11.5 Å². The number of benzene rings is 1. The predicted octanol–water partition coefficient (Wildman–Crippen LogP) is 3.94. The van der Waals surface area contributed by atoms with E-state index in [1.807, 2.05) is 45.4 Å². The van der Waals surface area contributed by atoms with E-state index in [0.29, 0.717) is 54.0 Å². The summed E-state index contributed by atoms with van der Waals surface area (Å²) in [5, 5.41) is 17.0. The van der Waals surface area contributed by atoms with Crippen molar-refractivity contribution in [1.29, 1.82) is 5.41 Å². The van der Waals surface area contributed by atoms with E-state index in [4.69, 9.17) is 14.9 Å². The van der Waals surface area contributed by atoms with Crippen molar-refractivity contribution in [3.05, 3.63) is 71.6 Å². The fourth-order valence-corrected chi connectivity index (χ4v) is 3.90. The third kappa shape index (κ3) is 8.27. The summed E-state index contributed by atoms with van der Waals surface area (Å²) in [6.45, 7) is 5.29. The maximum Gasteiger partial charge on any atom is 0.247 e. The standard InChI is InChI=1S/C29H37N7O3/c1-6-29(37)35-25-16-24(26(38-5)18-27(25)39-14-8-13-36(3)4)34-28-17-23(32-11-12-33-28)20-9-7-10-21(19-30)22(15-20)31-2/h6-7,9,11,15-19,30-31H,1,8,10,12-14H2,2-5H3,(H,33,34)(H,35,37). The van der Waals surface area contributed by atoms with Crippen LogP contribution in [0.4, 0.5) is 11.4 Å². The van der Waals surface area contributed by atoms with Gasteiger partial charge in [-0.3, -0.25) is 14.8 Å². The molecule has 2 aliphatic rings. The van der Waals surface area contributed by atoms with E-state index in [1.54, 1.807) is 25.5 Å². The summed E-state index contributed by atoms with van der Waals surface area (Å²) in [6, 6.07) is 3.50. The van der Waals surface area contributed by atoms with E-state index in [2.05, 4.69) is 37.4 Å². The highest BCUT2D eigenvalue weighted by Gasteiger charge is 2.16. The molecule has 0 radical (unpaired) electrons. The number of anilines is 2. The molecule has 4 N–H and O–H groups in total. The van der Waals surface area contributed by atoms with Gasteiger partial charge in [-0.15, -0.1) is 0 Å². The molecular weight excluding hydrogens is 494 g/mol. The number of amides is 1. The van der Waals surface area contributed by atoms with Crippen LogP contribution < -0.4 is 25.4 Å². The number of ether oxygens (including phenoxy) is 2. The molecule has 1 aliphatic carbocycles. The van der Waals surface area contributed by atoms with Crippen LogP contribution in [0, 0.1) is 5.41 Å². The minimum absolute atomic E-state index is 0.351. The van der Waals surface area contributed by atoms with Crippen LogP contribution in [0.5, 0.6) is 11.5 Å². The molecule has 1 aromatic rings. The topological polar surface area (TPSA) is 123 Å². The van der Waals surface area contributed by atoms with Crippen molar-refractivity contribution in [2.45, 2.75) is 12.8 Å². The van der Waals surface area contributed by atoms with Gasteiger partial charge in [0.2, 0.25) is 5.91 Å². The fourth-order valence-electron chi connectivity index (χ4n) is 3.90. The van der Waals surface area contributed by atoms with Crippen LogP contribution >= 0.6 is 0 Å². The number of rotatable bonds is 12. The maximum atomic E-state index is 12.2. The van der Waals surface area contributed by atoms with Crippen molar-refractivity contribution in [3.63, 3.8) is 0 Å². The lowest BCUT2D eigenvalue weighted by Gasteiger charge is -2.18. The lowest BCUT2D eigenvalue weighted by atomic mass is 10.1. The monoisotopic (exact) mass is 531 g/mol. The summed E-state index contributed by atoms with van der Waals surface area (Å²) in [4.78, 5) is 23.5. The number of hydrogen-bond donors (Lipinski definition) is 4. The van der Waals surface area contributed by atoms with Crippen LogP contribution in [0.25, 0.3) is 0 Å². The van der Waals surface area contributed by atoms with Gasteiger partial charge in [-0.2, -0.15) is 0 Å². The van der Waals surface area contributed by atoms with Crippen molar-refractivity contribution in [2.75, 3.05) is 58.6 Å². The van der Waals surface area contributed by atoms with Gasteiger partial charge in [-0.25, -0.2) is 0 Å². The lowest BCUT2D eigenvalue weighted by molar-refractivity contribution is -0.111. The fraction of sp³-hybridized carbons (Fsp3) is 0.310. The normalized spacial score (nSPS) is 14.9. The number of amidine groups is 1. The molecular formula is C29H37N7O3. The summed E-state index contributed by atoms with van der Waals surface area (Å²) < 4.78 is 11.7. The Bertz CT molecular complexity index is 1270. The summed E-state index contributed by atoms with van der Waals surface area (Å²) in [7, 11) is 7.42. The Morgan fingerprint density at radius 3 is 2.74 bits per heavy atom. The third-order valence-electron chi connectivity index (χ3n) is 5.88. The van der Waals surface area contributed by atoms with Gasteiger partial charge in [0.15, 0.2) is 0 Å². The molecule has 0 spiro atoms. The Kier molecular flexibility index (Phi) is 10.8. The maximum absolute atomic E-state index is 12.2. The quantitative estimate of drug-likeness (QED) is 0.184. The van der Waals surface area contributed by atoms with Crippen LogP contribution in [-0.4, -0.2) is 77.0 Å². The number of nitrogens with one attached hydrogen (secondary N) is 4. The van der Waals surface area contributed by atoms with Gasteiger partial charge in [0, 0.05) is 49.4 Å². The summed E-state index contributed by atoms with van der Waals surface area (Å²) in [6.07, 6.45) is 13.6. The Hall–Kier alpha value is -4.44. The zero-order valence-electron chi connectivity index (χ0n) is 23.0. The van der Waals surface area contributed by atoms with Crippen LogP contribution in [0.1, 0.15) is 12.8 Å². The number of carbonyl (C=O) groups excluding carboxylic acids is 1. The molecule has 1 amide bonds. The van der Waals surface area contributed by atoms with Gasteiger partial charge >= 0.3 is 0 Å². The molecule has 206 valence electrons. The van der Waals surface area contributed by atoms with Gasteiger partial charge in [0.25, 0.3) is 0 Å². The minimum atomic E-state index is -0.351. The summed E-state index contributed by atoms with van der Waals surface area (Å²) in [5.41, 5.74) is 4.44. The van der Waals surface area contributed by atoms with Crippen molar-refractivity contribution in [1.82, 2.24) is 10.2 Å². The molecule has 3 rings (SSSR count). The van der Waals surface area contributed by atoms with Crippen LogP contribution in [0.2, 0.25) is 0 Å². The Morgan fingerprint density at radius 2 is 2.05 bits per heavy atom. The zero-order valence-corrected chi connectivity index (χ0v) is 23.0. The first-order valence-corrected chi connectivity index (χ1v) is 12.7. The molecule has 10 nitrogen and oxygen atoms in total. The number of nitrogens with zero attached hydrogens (tertiary/aromatic N) is 3. The number of hydrogen-bond acceptors (Lipinski definition) is 9. The van der Waals surface area contributed by atoms with Gasteiger partial charge in [0.05, 0.1) is 37.3 Å². The minimum Gasteiger partial charge on any atom is -0.494 e. The van der Waals surface area contributed by atoms with Crippen LogP contribution in [0.15, 0.2) is 81.6 Å². The molecule has 1 heterocycles. The van der Waals surface area contributed by atoms with Gasteiger partial charge < -0.3 is 35.7 Å². The van der Waals surface area contributed by atoms with Gasteiger partial charge in [-0.1, -0.05) is 18.7 Å². The number of likely N-dealkylation sites (N-methyl/N-ethyl adjacent to an activating group) is 1. The predicted molar refractivity (Wildman–Crippen MR) is 160 cm³/mol. The molecule has 10 heteroatoms. The number of aliphatic imine (C=N–C) groups is 2. The first-order valence-electron chi connectivity index (χ1n) is 12.7. The molecule has 0 bridgehead atoms. The zero-order chi connectivity index (χ0) is 28.2. The molecule has 0 fully saturated rings. The average molecular weight is 532 g/mol. The summed E-state index contributed by atoms with van der Waals surface area (Å²) >= 11 is 0. The summed E-state index contributed by atoms with van der Waals surface area (Å²) in [5.74, 6) is 1.25. The van der Waals surface area contributed by atoms with E-state index in [0.717, 1.165) is 29.8 Å². The lowest BCUT2D eigenvalue weighted by Crippen LogP contribution is -2.16. The largest absolute Gasteiger partial charge is 0.494 e. The highest BCUT2D eigenvalue weighted by Crippen LogP contribution is 2.37. The SMILES string of the molecule is C=CC(=O)Nc1cc(NC2=NCC=NC(C3=CC(NC)=C(C=N)CC=C3)=C2)c(OC)cc1OCCCN(C)C. The van der Waals surface area contributed by atoms with Crippen molar-refractivity contribution < 1.29 is 14.3 Å². The molecule has 1 aliphatic heterocycles. The molecule has 0 atom stereocenters. The molecule has 1 aromatic carbocycles. The second-order valence-corrected chi connectivity index (χ2v) is 8.98. The molecule has 0 unspecified atom stereocenters. The first kappa shape index (κ1) is 29.1. The van der Waals surface area contributed by atoms with Crippen molar-refractivity contribution >= 4 is 35.5 Å². The van der Waals surface area contributed by atoms with Crippen LogP contribution in [0.3, 0.4) is 0 Å². The second kappa shape index (κ2) is 14.5. The average Bonchev–Trinajstić information content (AvgIpc) is 3.29. The van der Waals surface area contributed by atoms with E-state index in [1.165, 1.54) is 12.3 Å². The Labute approximate surface area is 230 Å². The van der Waals surface area contributed by atoms with Crippen molar-refractivity contribution in [2.24, 2.45) is 9.98 Å². The smallest absolute Gasteiger partial charge is 0.247 e. The second-order valence-electron chi connectivity index (χ2n) is 8.98. The van der Waals surface area contributed by atoms with Gasteiger partial charge in [-0.05, 0) is 50.7 Å². The number of carbonyl (C=O) groups is 1. The molecule has 0 saturated carbocycles. The Morgan fingerprint density at radius 1 is 1.23 bits per heavy atom. The molecule has 0 saturated heterocycles. The van der Waals surface area contributed by atoms with Gasteiger partial charge in [0.1, 0.15) is 17.3 Å². The van der Waals surface area contributed by atoms with E-state index in [9.17, 15) is 4.79 Å². The highest BCUT2D eigenvalue weighted by atomic mass is 16.5. The molecule has 0 aromatic heterocycles. The third-order valence-corrected chi connectivity index (χ3v) is 5.88. The first-order chi connectivity index (χ1) is 18.9. The number of methoxy groups -OCH3 is 1. The Balaban J connectivity index is 1.93. The van der Waals surface area contributed by atoms with E-state index in [-0.39, 0.29) is 5.91 Å². The highest BCUT2D eigenvalue weighted by molar-refractivity contribution is 6.07. The van der Waals surface area contributed by atoms with E-state index < -0.39 is 0 Å². The molecule has 39 heavy (non-hydrogen) atoms. The number of allylic oxidation sites excluding steroid dienone is 4. The van der Waals surface area contributed by atoms with E-state index >= 15 is 0 Å².